The lowest BCUT2D eigenvalue weighted by atomic mass is 10.2. The van der Waals surface area contributed by atoms with Gasteiger partial charge in [-0.3, -0.25) is 4.98 Å². The molecule has 0 aromatic carbocycles. The molecule has 0 amide bonds. The first-order chi connectivity index (χ1) is 10.2. The van der Waals surface area contributed by atoms with E-state index in [2.05, 4.69) is 15.0 Å². The number of esters is 1. The van der Waals surface area contributed by atoms with Crippen molar-refractivity contribution in [1.29, 1.82) is 0 Å². The Kier molecular flexibility index (Phi) is 3.49. The number of nitrogens with two attached hydrogens (primary N) is 1. The van der Waals surface area contributed by atoms with Gasteiger partial charge in [0.15, 0.2) is 5.82 Å². The van der Waals surface area contributed by atoms with E-state index in [1.54, 1.807) is 24.5 Å². The molecule has 6 nitrogen and oxygen atoms in total. The predicted molar refractivity (Wildman–Crippen MR) is 81.0 cm³/mol. The standard InChI is InChI=1S/C14H12N4O2S/c1-2-20-14(19)9-7-17-13(18-12(9)15)8-5-11-10(16-6-8)3-4-21-11/h3-7H,2H2,1H3,(H2,15,17,18). The molecule has 0 saturated heterocycles. The molecule has 106 valence electrons. The highest BCUT2D eigenvalue weighted by Crippen LogP contribution is 2.24. The molecule has 7 heteroatoms. The van der Waals surface area contributed by atoms with Gasteiger partial charge in [0.25, 0.3) is 0 Å². The van der Waals surface area contributed by atoms with Gasteiger partial charge in [-0.1, -0.05) is 0 Å². The van der Waals surface area contributed by atoms with E-state index in [-0.39, 0.29) is 18.0 Å². The third-order valence-corrected chi connectivity index (χ3v) is 3.73. The zero-order valence-corrected chi connectivity index (χ0v) is 12.1. The quantitative estimate of drug-likeness (QED) is 0.747. The number of anilines is 1. The van der Waals surface area contributed by atoms with Crippen LogP contribution in [-0.2, 0) is 4.74 Å². The van der Waals surface area contributed by atoms with Crippen LogP contribution in [0.4, 0.5) is 5.82 Å². The van der Waals surface area contributed by atoms with Gasteiger partial charge in [0.05, 0.1) is 16.8 Å². The first-order valence-electron chi connectivity index (χ1n) is 6.32. The lowest BCUT2D eigenvalue weighted by Crippen LogP contribution is -2.10. The van der Waals surface area contributed by atoms with Crippen molar-refractivity contribution in [3.63, 3.8) is 0 Å². The molecule has 0 unspecified atom stereocenters. The van der Waals surface area contributed by atoms with E-state index in [0.29, 0.717) is 5.82 Å². The van der Waals surface area contributed by atoms with Crippen molar-refractivity contribution < 1.29 is 9.53 Å². The first-order valence-corrected chi connectivity index (χ1v) is 7.20. The Morgan fingerprint density at radius 3 is 3.00 bits per heavy atom. The zero-order valence-electron chi connectivity index (χ0n) is 11.2. The van der Waals surface area contributed by atoms with Gasteiger partial charge in [-0.05, 0) is 24.4 Å². The van der Waals surface area contributed by atoms with Crippen LogP contribution in [0.2, 0.25) is 0 Å². The summed E-state index contributed by atoms with van der Waals surface area (Å²) in [5, 5.41) is 1.97. The average Bonchev–Trinajstić information content (AvgIpc) is 2.94. The summed E-state index contributed by atoms with van der Waals surface area (Å²) in [6.45, 7) is 2.00. The fourth-order valence-electron chi connectivity index (χ4n) is 1.87. The summed E-state index contributed by atoms with van der Waals surface area (Å²) in [6, 6.07) is 3.90. The SMILES string of the molecule is CCOC(=O)c1cnc(-c2cnc3ccsc3c2)nc1N. The third kappa shape index (κ3) is 2.55. The second kappa shape index (κ2) is 5.45. The average molecular weight is 300 g/mol. The maximum Gasteiger partial charge on any atom is 0.343 e. The molecular weight excluding hydrogens is 288 g/mol. The maximum atomic E-state index is 11.7. The molecule has 0 aliphatic rings. The Labute approximate surface area is 124 Å². The summed E-state index contributed by atoms with van der Waals surface area (Å²) in [6.07, 6.45) is 3.07. The number of carbonyl (C=O) groups is 1. The molecule has 0 fully saturated rings. The van der Waals surface area contributed by atoms with Crippen molar-refractivity contribution in [2.45, 2.75) is 6.92 Å². The number of pyridine rings is 1. The van der Waals surface area contributed by atoms with Gasteiger partial charge < -0.3 is 10.5 Å². The van der Waals surface area contributed by atoms with Crippen molar-refractivity contribution >= 4 is 33.3 Å². The Bertz CT molecular complexity index is 816. The monoisotopic (exact) mass is 300 g/mol. The fourth-order valence-corrected chi connectivity index (χ4v) is 2.65. The third-order valence-electron chi connectivity index (χ3n) is 2.87. The van der Waals surface area contributed by atoms with Crippen LogP contribution in [0, 0.1) is 0 Å². The molecule has 0 saturated carbocycles. The van der Waals surface area contributed by atoms with Crippen LogP contribution in [0.15, 0.2) is 29.9 Å². The van der Waals surface area contributed by atoms with Gasteiger partial charge in [0.2, 0.25) is 0 Å². The Hall–Kier alpha value is -2.54. The van der Waals surface area contributed by atoms with E-state index >= 15 is 0 Å². The highest BCUT2D eigenvalue weighted by molar-refractivity contribution is 7.17. The Morgan fingerprint density at radius 2 is 2.24 bits per heavy atom. The first kappa shape index (κ1) is 13.4. The zero-order chi connectivity index (χ0) is 14.8. The van der Waals surface area contributed by atoms with Gasteiger partial charge >= 0.3 is 5.97 Å². The topological polar surface area (TPSA) is 91.0 Å². The molecule has 0 bridgehead atoms. The molecule has 3 aromatic heterocycles. The molecule has 0 aliphatic heterocycles. The van der Waals surface area contributed by atoms with Gasteiger partial charge in [-0.15, -0.1) is 11.3 Å². The number of nitrogens with zero attached hydrogens (tertiary/aromatic N) is 3. The number of nitrogen functional groups attached to an aromatic ring is 1. The summed E-state index contributed by atoms with van der Waals surface area (Å²) in [5.41, 5.74) is 7.67. The number of hydrogen-bond acceptors (Lipinski definition) is 7. The molecule has 0 atom stereocenters. The smallest absolute Gasteiger partial charge is 0.343 e. The summed E-state index contributed by atoms with van der Waals surface area (Å²) >= 11 is 1.59. The van der Waals surface area contributed by atoms with Crippen molar-refractivity contribution in [2.75, 3.05) is 12.3 Å². The van der Waals surface area contributed by atoms with Crippen LogP contribution in [0.25, 0.3) is 21.6 Å². The van der Waals surface area contributed by atoms with Crippen LogP contribution in [-0.4, -0.2) is 27.5 Å². The van der Waals surface area contributed by atoms with E-state index in [4.69, 9.17) is 10.5 Å². The summed E-state index contributed by atoms with van der Waals surface area (Å²) in [4.78, 5) is 24.3. The summed E-state index contributed by atoms with van der Waals surface area (Å²) in [7, 11) is 0. The van der Waals surface area contributed by atoms with Crippen LogP contribution >= 0.6 is 11.3 Å². The minimum absolute atomic E-state index is 0.102. The highest BCUT2D eigenvalue weighted by Gasteiger charge is 2.14. The number of thiophene rings is 1. The molecule has 3 heterocycles. The molecule has 0 aliphatic carbocycles. The van der Waals surface area contributed by atoms with Crippen LogP contribution in [0.5, 0.6) is 0 Å². The van der Waals surface area contributed by atoms with Crippen molar-refractivity contribution in [1.82, 2.24) is 15.0 Å². The maximum absolute atomic E-state index is 11.7. The van der Waals surface area contributed by atoms with Gasteiger partial charge in [0.1, 0.15) is 11.4 Å². The Balaban J connectivity index is 1.99. The highest BCUT2D eigenvalue weighted by atomic mass is 32.1. The van der Waals surface area contributed by atoms with E-state index in [0.717, 1.165) is 15.8 Å². The van der Waals surface area contributed by atoms with Crippen molar-refractivity contribution in [2.24, 2.45) is 0 Å². The molecule has 0 spiro atoms. The van der Waals surface area contributed by atoms with E-state index in [9.17, 15) is 4.79 Å². The number of rotatable bonds is 3. The van der Waals surface area contributed by atoms with Gasteiger partial charge in [0, 0.05) is 18.0 Å². The molecule has 2 N–H and O–H groups in total. The minimum atomic E-state index is -0.520. The minimum Gasteiger partial charge on any atom is -0.462 e. The second-order valence-corrected chi connectivity index (χ2v) is 5.19. The predicted octanol–water partition coefficient (Wildman–Crippen LogP) is 2.51. The number of fused-ring (bicyclic) bond motifs is 1. The largest absolute Gasteiger partial charge is 0.462 e. The van der Waals surface area contributed by atoms with E-state index in [1.807, 2.05) is 17.5 Å². The molecular formula is C14H12N4O2S. The van der Waals surface area contributed by atoms with Crippen LogP contribution in [0.3, 0.4) is 0 Å². The number of hydrogen-bond donors (Lipinski definition) is 1. The molecule has 0 radical (unpaired) electrons. The van der Waals surface area contributed by atoms with E-state index in [1.165, 1.54) is 6.20 Å². The second-order valence-electron chi connectivity index (χ2n) is 4.24. The summed E-state index contributed by atoms with van der Waals surface area (Å²) in [5.74, 6) is 0.0152. The number of carbonyl (C=O) groups excluding carboxylic acids is 1. The van der Waals surface area contributed by atoms with E-state index < -0.39 is 5.97 Å². The van der Waals surface area contributed by atoms with Crippen molar-refractivity contribution in [3.05, 3.63) is 35.5 Å². The normalized spacial score (nSPS) is 10.7. The lowest BCUT2D eigenvalue weighted by molar-refractivity contribution is 0.0527. The lowest BCUT2D eigenvalue weighted by Gasteiger charge is -2.06. The summed E-state index contributed by atoms with van der Waals surface area (Å²) < 4.78 is 5.94. The van der Waals surface area contributed by atoms with Gasteiger partial charge in [-0.2, -0.15) is 0 Å². The van der Waals surface area contributed by atoms with Crippen LogP contribution < -0.4 is 5.73 Å². The van der Waals surface area contributed by atoms with Gasteiger partial charge in [-0.25, -0.2) is 14.8 Å². The van der Waals surface area contributed by atoms with Crippen molar-refractivity contribution in [3.8, 4) is 11.4 Å². The molecule has 3 aromatic rings. The Morgan fingerprint density at radius 1 is 1.38 bits per heavy atom. The molecule has 3 rings (SSSR count). The number of ether oxygens (including phenoxy) is 1. The molecule has 21 heavy (non-hydrogen) atoms. The number of aromatic nitrogens is 3. The van der Waals surface area contributed by atoms with Crippen LogP contribution in [0.1, 0.15) is 17.3 Å². The fraction of sp³-hybridized carbons (Fsp3) is 0.143.